The third-order valence-electron chi connectivity index (χ3n) is 9.66. The Hall–Kier alpha value is -7.62. The molecule has 57 heavy (non-hydrogen) atoms. The second-order valence-corrected chi connectivity index (χ2v) is 12.6. The van der Waals surface area contributed by atoms with Crippen LogP contribution in [0.15, 0.2) is 212 Å². The number of nitrogens with zero attached hydrogens (tertiary/aromatic N) is 3. The molecule has 0 aliphatic rings. The first-order valence-electron chi connectivity index (χ1n) is 32.6. The minimum absolute atomic E-state index is 0.0608. The first kappa shape index (κ1) is 13.8. The number of hydrogen-bond donors (Lipinski definition) is 0. The van der Waals surface area contributed by atoms with Crippen LogP contribution in [0.4, 0.5) is 0 Å². The molecule has 3 nitrogen and oxygen atoms in total. The molecule has 12 aromatic rings. The Labute approximate surface area is 373 Å². The van der Waals surface area contributed by atoms with Gasteiger partial charge in [0.15, 0.2) is 0 Å². The summed E-state index contributed by atoms with van der Waals surface area (Å²) >= 11 is 0. The summed E-state index contributed by atoms with van der Waals surface area (Å²) in [5.41, 5.74) is -6.85. The SMILES string of the molecule is [2H]c1c([2H])c([2H])c(-c2c([2H])c([2H])c(-c3ccc(-n4c5c([2H])c([2H])c([2H])c([2H])c5c5c([2H])c([2H])c([2H])c(-n6c7c([2H])c([2H])c([2H])c([2H])c7c7c([2H])c([2H])c([2H])c(-n8c9c([2H])c([2H])c([2H])c([2H])c9c9c([2H])c([2H])c([2H])c([2H])c98)c76)c54)cc3)c([2H])c2[2H])c([2H])c1[2H]. The third-order valence-corrected chi connectivity index (χ3v) is 9.66. The predicted molar refractivity (Wildman–Crippen MR) is 240 cm³/mol. The van der Waals surface area contributed by atoms with E-state index < -0.39 is 275 Å². The maximum atomic E-state index is 9.98. The van der Waals surface area contributed by atoms with Crippen LogP contribution in [-0.2, 0) is 0 Å². The van der Waals surface area contributed by atoms with Crippen molar-refractivity contribution in [1.82, 2.24) is 13.7 Å². The van der Waals surface area contributed by atoms with Gasteiger partial charge in [0.1, 0.15) is 0 Å². The molecule has 0 amide bonds. The van der Waals surface area contributed by atoms with E-state index in [1.165, 1.54) is 24.3 Å². The van der Waals surface area contributed by atoms with Crippen molar-refractivity contribution in [1.29, 1.82) is 0 Å². The van der Waals surface area contributed by atoms with Crippen molar-refractivity contribution >= 4 is 65.4 Å². The highest BCUT2D eigenvalue weighted by Gasteiger charge is 2.23. The Morgan fingerprint density at radius 1 is 0.263 bits per heavy atom. The van der Waals surface area contributed by atoms with E-state index in [1.54, 1.807) is 0 Å². The molecule has 3 heterocycles. The molecule has 0 unspecified atom stereocenters. The molecule has 12 rings (SSSR count). The van der Waals surface area contributed by atoms with Gasteiger partial charge in [0.2, 0.25) is 0 Å². The molecule has 0 N–H and O–H groups in total. The molecule has 0 aliphatic heterocycles. The van der Waals surface area contributed by atoms with E-state index in [2.05, 4.69) is 0 Å². The van der Waals surface area contributed by atoms with Gasteiger partial charge in [-0.25, -0.2) is 0 Å². The van der Waals surface area contributed by atoms with Gasteiger partial charge < -0.3 is 13.7 Å². The summed E-state index contributed by atoms with van der Waals surface area (Å²) in [7, 11) is 0. The second-order valence-electron chi connectivity index (χ2n) is 12.6. The number of fused-ring (bicyclic) bond motifs is 9. The number of aromatic nitrogens is 3. The minimum Gasteiger partial charge on any atom is -0.307 e. The summed E-state index contributed by atoms with van der Waals surface area (Å²) in [5.74, 6) is 0. The van der Waals surface area contributed by atoms with E-state index >= 15 is 0 Å². The van der Waals surface area contributed by atoms with E-state index in [9.17, 15) is 16.4 Å². The molecule has 0 fully saturated rings. The van der Waals surface area contributed by atoms with Crippen LogP contribution in [0.5, 0.6) is 0 Å². The first-order chi connectivity index (χ1) is 41.2. The predicted octanol–water partition coefficient (Wildman–Crippen LogP) is 14.3. The molecule has 0 radical (unpaired) electrons. The van der Waals surface area contributed by atoms with Crippen molar-refractivity contribution in [2.45, 2.75) is 0 Å². The second kappa shape index (κ2) is 12.5. The van der Waals surface area contributed by atoms with Gasteiger partial charge in [0, 0.05) is 38.0 Å². The Balaban J connectivity index is 1.30. The number of para-hydroxylation sites is 6. The van der Waals surface area contributed by atoms with E-state index in [-0.39, 0.29) is 16.8 Å². The Morgan fingerprint density at radius 2 is 0.632 bits per heavy atom. The topological polar surface area (TPSA) is 14.8 Å². The van der Waals surface area contributed by atoms with E-state index in [4.69, 9.17) is 26.0 Å². The average molecular weight is 757 g/mol. The lowest BCUT2D eigenvalue weighted by Crippen LogP contribution is -2.03. The van der Waals surface area contributed by atoms with Crippen LogP contribution in [-0.4, -0.2) is 13.7 Å². The summed E-state index contributed by atoms with van der Waals surface area (Å²) in [6.45, 7) is 0. The molecule has 0 spiro atoms. The van der Waals surface area contributed by atoms with E-state index in [0.29, 0.717) is 0 Å². The number of rotatable bonds is 5. The lowest BCUT2D eigenvalue weighted by molar-refractivity contribution is 1.11. The van der Waals surface area contributed by atoms with Crippen molar-refractivity contribution < 1.29 is 42.5 Å². The zero-order chi connectivity index (χ0) is 64.4. The normalized spacial score (nSPS) is 19.5. The smallest absolute Gasteiger partial charge is 0.0783 e. The fourth-order valence-corrected chi connectivity index (χ4v) is 7.29. The fraction of sp³-hybridized carbons (Fsp3) is 0. The standard InChI is InChI=1S/C54H35N3/c1-2-14-36(15-3-1)37-28-30-38(31-29-37)39-32-34-40(35-33-39)55-47-22-8-6-18-43(47)45-20-13-27-52(53(45)55)57-50-25-11-7-19-44(50)46-21-12-26-51(54(46)57)56-48-23-9-4-16-41(48)42-17-5-10-24-49(42)56/h1-35H/i1D,2D,3D,4D,5D,6D,7D,8D,9D,10D,11D,12D,13D,14D,15D,16D,17D,18D,19D,20D,21D,22D,23D,24D,25D,26D,27D,28D,29D,30D,31D. The Kier molecular flexibility index (Phi) is 3.02. The highest BCUT2D eigenvalue weighted by atomic mass is 15.1. The molecule has 9 aromatic carbocycles. The molecule has 0 atom stereocenters. The molecule has 3 heteroatoms. The zero-order valence-corrected chi connectivity index (χ0v) is 28.7. The van der Waals surface area contributed by atoms with Gasteiger partial charge >= 0.3 is 0 Å². The lowest BCUT2D eigenvalue weighted by Gasteiger charge is -2.17. The molecule has 266 valence electrons. The van der Waals surface area contributed by atoms with Gasteiger partial charge in [-0.1, -0.05) is 163 Å². The van der Waals surface area contributed by atoms with Crippen LogP contribution >= 0.6 is 0 Å². The summed E-state index contributed by atoms with van der Waals surface area (Å²) in [5, 5.41) is -3.20. The highest BCUT2D eigenvalue weighted by Crippen LogP contribution is 2.43. The van der Waals surface area contributed by atoms with Gasteiger partial charge in [0.05, 0.1) is 87.0 Å². The van der Waals surface area contributed by atoms with Crippen molar-refractivity contribution in [2.24, 2.45) is 0 Å². The van der Waals surface area contributed by atoms with Crippen LogP contribution in [0.2, 0.25) is 0 Å². The van der Waals surface area contributed by atoms with Gasteiger partial charge in [-0.15, -0.1) is 0 Å². The van der Waals surface area contributed by atoms with Crippen molar-refractivity contribution in [3.63, 3.8) is 0 Å². The highest BCUT2D eigenvalue weighted by molar-refractivity contribution is 6.17. The molecule has 0 aliphatic carbocycles. The van der Waals surface area contributed by atoms with Crippen LogP contribution < -0.4 is 0 Å². The zero-order valence-electron chi connectivity index (χ0n) is 59.7. The molecule has 0 saturated carbocycles. The molecule has 0 saturated heterocycles. The molecular formula is C54H35N3. The summed E-state index contributed by atoms with van der Waals surface area (Å²) in [4.78, 5) is 0. The molecule has 3 aromatic heterocycles. The summed E-state index contributed by atoms with van der Waals surface area (Å²) in [6.07, 6.45) is 0. The minimum atomic E-state index is -1.02. The lowest BCUT2D eigenvalue weighted by atomic mass is 10.0. The van der Waals surface area contributed by atoms with Crippen molar-refractivity contribution in [3.8, 4) is 39.3 Å². The van der Waals surface area contributed by atoms with Crippen molar-refractivity contribution in [2.75, 3.05) is 0 Å². The van der Waals surface area contributed by atoms with E-state index in [0.717, 1.165) is 13.7 Å². The number of benzene rings is 9. The van der Waals surface area contributed by atoms with Gasteiger partial charge in [-0.05, 0) is 70.6 Å². The maximum Gasteiger partial charge on any atom is 0.0783 e. The van der Waals surface area contributed by atoms with Gasteiger partial charge in [0.25, 0.3) is 0 Å². The van der Waals surface area contributed by atoms with Gasteiger partial charge in [-0.3, -0.25) is 0 Å². The molecular weight excluding hydrogens is 691 g/mol. The largest absolute Gasteiger partial charge is 0.307 e. The quantitative estimate of drug-likeness (QED) is 0.166. The van der Waals surface area contributed by atoms with Crippen LogP contribution in [0, 0.1) is 0 Å². The van der Waals surface area contributed by atoms with Crippen LogP contribution in [0.1, 0.15) is 42.5 Å². The van der Waals surface area contributed by atoms with Crippen molar-refractivity contribution in [3.05, 3.63) is 212 Å². The van der Waals surface area contributed by atoms with Gasteiger partial charge in [-0.2, -0.15) is 0 Å². The monoisotopic (exact) mass is 756 g/mol. The summed E-state index contributed by atoms with van der Waals surface area (Å²) in [6, 6.07) is -21.7. The Morgan fingerprint density at radius 3 is 1.18 bits per heavy atom. The maximum absolute atomic E-state index is 9.98. The molecule has 0 bridgehead atoms. The van der Waals surface area contributed by atoms with E-state index in [1.807, 2.05) is 0 Å². The van der Waals surface area contributed by atoms with Crippen LogP contribution in [0.3, 0.4) is 0 Å². The fourth-order valence-electron chi connectivity index (χ4n) is 7.29. The third kappa shape index (κ3) is 4.73. The summed E-state index contributed by atoms with van der Waals surface area (Å²) < 4.78 is 284. The average Bonchev–Trinajstić information content (AvgIpc) is 1.51. The first-order valence-corrected chi connectivity index (χ1v) is 17.1. The Bertz CT molecular complexity index is 5190. The van der Waals surface area contributed by atoms with Crippen LogP contribution in [0.25, 0.3) is 105 Å². The number of hydrogen-bond acceptors (Lipinski definition) is 0.